The number of carbonyl (C=O) groups excluding carboxylic acids is 1. The van der Waals surface area contributed by atoms with Crippen molar-refractivity contribution in [1.29, 1.82) is 0 Å². The van der Waals surface area contributed by atoms with Crippen LogP contribution in [0.15, 0.2) is 77.8 Å². The van der Waals surface area contributed by atoms with Crippen molar-refractivity contribution in [2.24, 2.45) is 10.7 Å². The molecule has 0 saturated heterocycles. The number of amides is 1. The lowest BCUT2D eigenvalue weighted by Crippen LogP contribution is -2.41. The number of hydrogen-bond donors (Lipinski definition) is 2. The number of likely N-dealkylation sites (N-methyl/N-ethyl adjacent to an activating group) is 1. The second-order valence-electron chi connectivity index (χ2n) is 7.78. The van der Waals surface area contributed by atoms with Gasteiger partial charge in [0, 0.05) is 7.05 Å². The fourth-order valence-electron chi connectivity index (χ4n) is 3.96. The van der Waals surface area contributed by atoms with Gasteiger partial charge in [0.2, 0.25) is 0 Å². The minimum atomic E-state index is -4.18. The van der Waals surface area contributed by atoms with Gasteiger partial charge in [0.1, 0.15) is 11.5 Å². The Balaban J connectivity index is 0.00000324. The van der Waals surface area contributed by atoms with E-state index in [1.165, 1.54) is 4.90 Å². The number of aliphatic imine (C=N–C) groups is 1. The summed E-state index contributed by atoms with van der Waals surface area (Å²) in [5.74, 6) is -0.0645. The van der Waals surface area contributed by atoms with Crippen LogP contribution in [0.25, 0.3) is 11.1 Å². The van der Waals surface area contributed by atoms with E-state index in [2.05, 4.69) is 4.99 Å². The summed E-state index contributed by atoms with van der Waals surface area (Å²) in [5, 5.41) is 0. The number of carbonyl (C=O) groups is 1. The third-order valence-electron chi connectivity index (χ3n) is 5.64. The summed E-state index contributed by atoms with van der Waals surface area (Å²) in [6, 6.07) is 21.4. The molecule has 3 N–H and O–H groups in total. The molecule has 1 aliphatic heterocycles. The van der Waals surface area contributed by atoms with Crippen LogP contribution in [0.5, 0.6) is 5.75 Å². The summed E-state index contributed by atoms with van der Waals surface area (Å²) in [4.78, 5) is 19.3. The summed E-state index contributed by atoms with van der Waals surface area (Å²) >= 11 is 0. The molecule has 4 rings (SSSR count). The van der Waals surface area contributed by atoms with Gasteiger partial charge in [0.15, 0.2) is 11.5 Å². The van der Waals surface area contributed by atoms with Crippen LogP contribution in [0.1, 0.15) is 16.7 Å². The third-order valence-corrected chi connectivity index (χ3v) is 6.34. The average molecular weight is 502 g/mol. The number of nitrogens with zero attached hydrogens (tertiary/aromatic N) is 2. The Morgan fingerprint density at radius 1 is 1.00 bits per heavy atom. The minimum absolute atomic E-state index is 0. The Hall–Kier alpha value is -3.40. The fourth-order valence-corrected chi connectivity index (χ4v) is 4.58. The topological polar surface area (TPSA) is 122 Å². The van der Waals surface area contributed by atoms with Gasteiger partial charge in [0.05, 0.1) is 7.11 Å². The van der Waals surface area contributed by atoms with Gasteiger partial charge in [0.25, 0.3) is 16.0 Å². The van der Waals surface area contributed by atoms with E-state index in [4.69, 9.17) is 15.0 Å². The van der Waals surface area contributed by atoms with Crippen LogP contribution in [-0.2, 0) is 26.2 Å². The smallest absolute Gasteiger partial charge is 0.269 e. The Kier molecular flexibility index (Phi) is 7.02. The molecule has 3 aromatic carbocycles. The zero-order valence-electron chi connectivity index (χ0n) is 18.5. The van der Waals surface area contributed by atoms with Gasteiger partial charge in [-0.3, -0.25) is 14.2 Å². The first kappa shape index (κ1) is 25.2. The van der Waals surface area contributed by atoms with Crippen LogP contribution in [-0.4, -0.2) is 43.9 Å². The van der Waals surface area contributed by atoms with E-state index in [1.54, 1.807) is 38.4 Å². The molecule has 178 valence electrons. The molecule has 0 unspecified atom stereocenters. The molecule has 8 nitrogen and oxygen atoms in total. The number of hydrogen-bond acceptors (Lipinski definition) is 6. The van der Waals surface area contributed by atoms with Crippen molar-refractivity contribution in [2.45, 2.75) is 11.3 Å². The summed E-state index contributed by atoms with van der Waals surface area (Å²) in [6.45, 7) is 0. The molecule has 0 bridgehead atoms. The van der Waals surface area contributed by atoms with Gasteiger partial charge in [-0.05, 0) is 46.0 Å². The molecule has 1 aliphatic rings. The molecule has 0 aromatic heterocycles. The van der Waals surface area contributed by atoms with Crippen molar-refractivity contribution in [1.82, 2.24) is 4.90 Å². The fraction of sp³-hybridized carbons (Fsp3) is 0.167. The zero-order chi connectivity index (χ0) is 23.8. The van der Waals surface area contributed by atoms with E-state index < -0.39 is 21.4 Å². The Labute approximate surface area is 204 Å². The molecule has 0 saturated carbocycles. The normalized spacial score (nSPS) is 17.8. The van der Waals surface area contributed by atoms with Crippen molar-refractivity contribution in [3.05, 3.63) is 89.5 Å². The van der Waals surface area contributed by atoms with Crippen molar-refractivity contribution in [2.75, 3.05) is 14.2 Å². The molecular weight excluding hydrogens is 478 g/mol. The van der Waals surface area contributed by atoms with Gasteiger partial charge < -0.3 is 10.5 Å². The van der Waals surface area contributed by atoms with Crippen LogP contribution in [0.4, 0.5) is 0 Å². The minimum Gasteiger partial charge on any atom is -0.497 e. The number of benzene rings is 3. The van der Waals surface area contributed by atoms with E-state index >= 15 is 0 Å². The van der Waals surface area contributed by atoms with Gasteiger partial charge in [-0.2, -0.15) is 8.42 Å². The van der Waals surface area contributed by atoms with E-state index in [0.717, 1.165) is 11.1 Å². The maximum absolute atomic E-state index is 13.5. The average Bonchev–Trinajstić information content (AvgIpc) is 3.03. The highest BCUT2D eigenvalue weighted by atomic mass is 35.5. The van der Waals surface area contributed by atoms with Crippen LogP contribution in [0.2, 0.25) is 0 Å². The van der Waals surface area contributed by atoms with E-state index in [1.807, 2.05) is 48.5 Å². The van der Waals surface area contributed by atoms with Gasteiger partial charge in [-0.15, -0.1) is 12.4 Å². The number of guanidine groups is 1. The van der Waals surface area contributed by atoms with Crippen LogP contribution in [0, 0.1) is 0 Å². The number of rotatable bonds is 6. The van der Waals surface area contributed by atoms with Crippen molar-refractivity contribution < 1.29 is 22.5 Å². The largest absolute Gasteiger partial charge is 0.497 e. The maximum atomic E-state index is 13.5. The van der Waals surface area contributed by atoms with Crippen molar-refractivity contribution >= 4 is 34.4 Å². The van der Waals surface area contributed by atoms with Gasteiger partial charge >= 0.3 is 0 Å². The maximum Gasteiger partial charge on any atom is 0.269 e. The van der Waals surface area contributed by atoms with Crippen LogP contribution >= 0.6 is 12.4 Å². The Morgan fingerprint density at radius 3 is 2.18 bits per heavy atom. The number of ether oxygens (including phenoxy) is 1. The lowest BCUT2D eigenvalue weighted by Gasteiger charge is -2.26. The first-order valence-electron chi connectivity index (χ1n) is 10.1. The van der Waals surface area contributed by atoms with Crippen molar-refractivity contribution in [3.8, 4) is 16.9 Å². The van der Waals surface area contributed by atoms with Crippen LogP contribution < -0.4 is 10.5 Å². The van der Waals surface area contributed by atoms with E-state index in [-0.39, 0.29) is 24.3 Å². The Morgan fingerprint density at radius 2 is 1.62 bits per heavy atom. The summed E-state index contributed by atoms with van der Waals surface area (Å²) < 4.78 is 36.9. The zero-order valence-corrected chi connectivity index (χ0v) is 20.1. The molecule has 0 spiro atoms. The molecule has 1 heterocycles. The van der Waals surface area contributed by atoms with E-state index in [9.17, 15) is 13.2 Å². The Bertz CT molecular complexity index is 1360. The SMILES string of the molecule is COc1cccc(-c2cccc([C@@]3(c4ccc(CS(=O)(=O)O)cc4)N=C(N)N(C)C3=O)c2)c1.Cl. The molecule has 10 heteroatoms. The lowest BCUT2D eigenvalue weighted by molar-refractivity contribution is -0.129. The highest BCUT2D eigenvalue weighted by Crippen LogP contribution is 2.40. The first-order chi connectivity index (χ1) is 15.6. The number of nitrogens with two attached hydrogens (primary N) is 1. The van der Waals surface area contributed by atoms with Crippen LogP contribution in [0.3, 0.4) is 0 Å². The van der Waals surface area contributed by atoms with Crippen molar-refractivity contribution in [3.63, 3.8) is 0 Å². The van der Waals surface area contributed by atoms with Gasteiger partial charge in [-0.25, -0.2) is 4.99 Å². The molecular formula is C24H24ClN3O5S. The summed E-state index contributed by atoms with van der Waals surface area (Å²) in [6.07, 6.45) is 0. The van der Waals surface area contributed by atoms with E-state index in [0.29, 0.717) is 22.4 Å². The molecule has 0 radical (unpaired) electrons. The standard InChI is InChI=1S/C24H23N3O5S.ClH/c1-27-22(28)24(26-23(27)25,19-11-9-16(10-12-19)15-33(29,30)31)20-7-3-5-17(13-20)18-6-4-8-21(14-18)32-2;/h3-14H,15H2,1-2H3,(H2,25,26)(H,29,30,31);1H/t24-;/m1./s1. The second kappa shape index (κ2) is 9.46. The second-order valence-corrected chi connectivity index (χ2v) is 9.23. The number of halogens is 1. The molecule has 0 fully saturated rings. The molecule has 3 aromatic rings. The number of methoxy groups -OCH3 is 1. The highest BCUT2D eigenvalue weighted by Gasteiger charge is 2.49. The predicted octanol–water partition coefficient (Wildman–Crippen LogP) is 3.20. The molecule has 1 amide bonds. The summed E-state index contributed by atoms with van der Waals surface area (Å²) in [7, 11) is -1.02. The first-order valence-corrected chi connectivity index (χ1v) is 11.7. The quantitative estimate of drug-likeness (QED) is 0.500. The summed E-state index contributed by atoms with van der Waals surface area (Å²) in [5.41, 5.74) is 7.92. The highest BCUT2D eigenvalue weighted by molar-refractivity contribution is 7.85. The van der Waals surface area contributed by atoms with Gasteiger partial charge in [-0.1, -0.05) is 54.6 Å². The third kappa shape index (κ3) is 4.63. The molecule has 1 atom stereocenters. The lowest BCUT2D eigenvalue weighted by atomic mass is 9.81. The predicted molar refractivity (Wildman–Crippen MR) is 133 cm³/mol. The monoisotopic (exact) mass is 501 g/mol. The molecule has 34 heavy (non-hydrogen) atoms. The molecule has 0 aliphatic carbocycles.